The number of nitrogens with zero attached hydrogens (tertiary/aromatic N) is 2. The molecule has 1 atom stereocenters. The van der Waals surface area contributed by atoms with Gasteiger partial charge in [0.1, 0.15) is 6.04 Å². The zero-order valence-electron chi connectivity index (χ0n) is 10.2. The van der Waals surface area contributed by atoms with Crippen LogP contribution in [0.25, 0.3) is 11.0 Å². The van der Waals surface area contributed by atoms with Crippen LogP contribution in [0.2, 0.25) is 5.02 Å². The molecule has 6 heteroatoms. The van der Waals surface area contributed by atoms with E-state index in [-0.39, 0.29) is 11.9 Å². The number of hydrogen-bond acceptors (Lipinski definition) is 3. The number of fused-ring (bicyclic) bond motifs is 1. The molecule has 18 heavy (non-hydrogen) atoms. The number of anilines is 1. The monoisotopic (exact) mass is 266 g/mol. The lowest BCUT2D eigenvalue weighted by Crippen LogP contribution is -2.31. The highest BCUT2D eigenvalue weighted by atomic mass is 35.5. The van der Waals surface area contributed by atoms with E-state index in [9.17, 15) is 4.79 Å². The van der Waals surface area contributed by atoms with Gasteiger partial charge < -0.3 is 11.5 Å². The third-order valence-corrected chi connectivity index (χ3v) is 3.12. The number of rotatable bonds is 3. The molecule has 1 aromatic heterocycles. The lowest BCUT2D eigenvalue weighted by atomic mass is 10.0. The van der Waals surface area contributed by atoms with Crippen LogP contribution in [0.5, 0.6) is 0 Å². The highest BCUT2D eigenvalue weighted by Gasteiger charge is 2.25. The molecular weight excluding hydrogens is 252 g/mol. The van der Waals surface area contributed by atoms with Crippen molar-refractivity contribution in [2.75, 3.05) is 5.73 Å². The average molecular weight is 267 g/mol. The molecule has 0 saturated heterocycles. The number of halogens is 1. The number of aromatic nitrogens is 2. The first-order valence-corrected chi connectivity index (χ1v) is 6.02. The van der Waals surface area contributed by atoms with Gasteiger partial charge in [0.2, 0.25) is 11.9 Å². The van der Waals surface area contributed by atoms with Crippen LogP contribution >= 0.6 is 11.6 Å². The number of nitrogen functional groups attached to an aromatic ring is 1. The van der Waals surface area contributed by atoms with E-state index in [1.807, 2.05) is 13.8 Å². The van der Waals surface area contributed by atoms with Crippen LogP contribution < -0.4 is 11.5 Å². The summed E-state index contributed by atoms with van der Waals surface area (Å²) in [5.74, 6) is -0.151. The average Bonchev–Trinajstić information content (AvgIpc) is 2.55. The van der Waals surface area contributed by atoms with Gasteiger partial charge in [0.05, 0.1) is 11.0 Å². The Balaban J connectivity index is 2.72. The third-order valence-electron chi connectivity index (χ3n) is 2.88. The van der Waals surface area contributed by atoms with Crippen LogP contribution in [0, 0.1) is 5.92 Å². The quantitative estimate of drug-likeness (QED) is 0.890. The summed E-state index contributed by atoms with van der Waals surface area (Å²) in [5.41, 5.74) is 12.7. The Morgan fingerprint density at radius 2 is 2.11 bits per heavy atom. The van der Waals surface area contributed by atoms with Crippen LogP contribution in [0.3, 0.4) is 0 Å². The molecule has 1 unspecified atom stereocenters. The molecule has 1 amide bonds. The summed E-state index contributed by atoms with van der Waals surface area (Å²) in [7, 11) is 0. The van der Waals surface area contributed by atoms with Crippen molar-refractivity contribution in [2.45, 2.75) is 19.9 Å². The fourth-order valence-corrected chi connectivity index (χ4v) is 2.30. The predicted octanol–water partition coefficient (Wildman–Crippen LogP) is 1.95. The van der Waals surface area contributed by atoms with Crippen LogP contribution in [0.15, 0.2) is 18.2 Å². The summed E-state index contributed by atoms with van der Waals surface area (Å²) >= 11 is 5.97. The Bertz CT molecular complexity index is 605. The molecule has 0 aliphatic heterocycles. The van der Waals surface area contributed by atoms with E-state index < -0.39 is 11.9 Å². The molecule has 2 rings (SSSR count). The molecule has 0 bridgehead atoms. The number of carbonyl (C=O) groups excluding carboxylic acids is 1. The zero-order valence-corrected chi connectivity index (χ0v) is 11.0. The van der Waals surface area contributed by atoms with Crippen molar-refractivity contribution in [1.82, 2.24) is 9.55 Å². The minimum atomic E-state index is -0.534. The Morgan fingerprint density at radius 1 is 1.44 bits per heavy atom. The second-order valence-corrected chi connectivity index (χ2v) is 5.00. The molecular formula is C12H15ClN4O. The first-order chi connectivity index (χ1) is 8.41. The number of carbonyl (C=O) groups is 1. The van der Waals surface area contributed by atoms with Gasteiger partial charge in [-0.3, -0.25) is 9.36 Å². The fourth-order valence-electron chi connectivity index (χ4n) is 2.13. The third kappa shape index (κ3) is 2.01. The highest BCUT2D eigenvalue weighted by molar-refractivity contribution is 6.31. The lowest BCUT2D eigenvalue weighted by Gasteiger charge is -2.20. The molecule has 1 heterocycles. The number of benzene rings is 1. The van der Waals surface area contributed by atoms with Crippen molar-refractivity contribution in [3.8, 4) is 0 Å². The van der Waals surface area contributed by atoms with Gasteiger partial charge in [-0.2, -0.15) is 0 Å². The van der Waals surface area contributed by atoms with E-state index in [1.165, 1.54) is 0 Å². The maximum atomic E-state index is 11.6. The summed E-state index contributed by atoms with van der Waals surface area (Å²) < 4.78 is 1.65. The summed E-state index contributed by atoms with van der Waals surface area (Å²) in [6.45, 7) is 3.82. The van der Waals surface area contributed by atoms with Gasteiger partial charge in [0, 0.05) is 5.02 Å². The van der Waals surface area contributed by atoms with E-state index in [0.29, 0.717) is 10.5 Å². The molecule has 0 radical (unpaired) electrons. The molecule has 4 N–H and O–H groups in total. The summed E-state index contributed by atoms with van der Waals surface area (Å²) in [6.07, 6.45) is 0. The van der Waals surface area contributed by atoms with Crippen molar-refractivity contribution in [2.24, 2.45) is 11.7 Å². The van der Waals surface area contributed by atoms with Crippen molar-refractivity contribution >= 4 is 34.5 Å². The summed E-state index contributed by atoms with van der Waals surface area (Å²) in [6, 6.07) is 4.70. The fraction of sp³-hybridized carbons (Fsp3) is 0.333. The Morgan fingerprint density at radius 3 is 2.67 bits per heavy atom. The van der Waals surface area contributed by atoms with E-state index in [0.717, 1.165) is 5.52 Å². The summed E-state index contributed by atoms with van der Waals surface area (Å²) in [4.78, 5) is 15.8. The first-order valence-electron chi connectivity index (χ1n) is 5.64. The smallest absolute Gasteiger partial charge is 0.240 e. The Labute approximate surface area is 110 Å². The molecule has 1 aromatic carbocycles. The van der Waals surface area contributed by atoms with Crippen molar-refractivity contribution in [3.63, 3.8) is 0 Å². The zero-order chi connectivity index (χ0) is 13.4. The molecule has 2 aromatic rings. The summed E-state index contributed by atoms with van der Waals surface area (Å²) in [5, 5.41) is 0.565. The van der Waals surface area contributed by atoms with E-state index in [1.54, 1.807) is 22.8 Å². The Hall–Kier alpha value is -1.75. The largest absolute Gasteiger partial charge is 0.369 e. The molecule has 5 nitrogen and oxygen atoms in total. The van der Waals surface area contributed by atoms with Gasteiger partial charge in [-0.05, 0) is 24.1 Å². The van der Waals surface area contributed by atoms with Gasteiger partial charge in [-0.15, -0.1) is 0 Å². The molecule has 0 fully saturated rings. The topological polar surface area (TPSA) is 86.9 Å². The van der Waals surface area contributed by atoms with Gasteiger partial charge in [-0.1, -0.05) is 25.4 Å². The van der Waals surface area contributed by atoms with Gasteiger partial charge in [0.15, 0.2) is 0 Å². The lowest BCUT2D eigenvalue weighted by molar-refractivity contribution is -0.122. The van der Waals surface area contributed by atoms with Crippen LogP contribution in [-0.4, -0.2) is 15.5 Å². The minimum absolute atomic E-state index is 0.0150. The number of primary amides is 1. The standard InChI is InChI=1S/C12H15ClN4O/c1-6(2)10(11(14)18)17-9-5-7(13)3-4-8(9)16-12(17)15/h3-6,10H,1-2H3,(H2,14,18)(H2,15,16). The van der Waals surface area contributed by atoms with Gasteiger partial charge >= 0.3 is 0 Å². The van der Waals surface area contributed by atoms with Crippen LogP contribution in [-0.2, 0) is 4.79 Å². The van der Waals surface area contributed by atoms with Crippen LogP contribution in [0.1, 0.15) is 19.9 Å². The molecule has 0 aliphatic carbocycles. The maximum Gasteiger partial charge on any atom is 0.240 e. The predicted molar refractivity (Wildman–Crippen MR) is 72.2 cm³/mol. The SMILES string of the molecule is CC(C)C(C(N)=O)n1c(N)nc2ccc(Cl)cc21. The molecule has 96 valence electrons. The van der Waals surface area contributed by atoms with E-state index >= 15 is 0 Å². The van der Waals surface area contributed by atoms with Gasteiger partial charge in [-0.25, -0.2) is 4.98 Å². The van der Waals surface area contributed by atoms with E-state index in [4.69, 9.17) is 23.1 Å². The second-order valence-electron chi connectivity index (χ2n) is 4.56. The molecule has 0 spiro atoms. The number of nitrogens with two attached hydrogens (primary N) is 2. The number of imidazole rings is 1. The number of hydrogen-bond donors (Lipinski definition) is 2. The van der Waals surface area contributed by atoms with Crippen molar-refractivity contribution in [3.05, 3.63) is 23.2 Å². The minimum Gasteiger partial charge on any atom is -0.369 e. The first kappa shape index (κ1) is 12.7. The normalized spacial score (nSPS) is 13.1. The van der Waals surface area contributed by atoms with Crippen molar-refractivity contribution in [1.29, 1.82) is 0 Å². The molecule has 0 aliphatic rings. The van der Waals surface area contributed by atoms with Gasteiger partial charge in [0.25, 0.3) is 0 Å². The molecule has 0 saturated carbocycles. The highest BCUT2D eigenvalue weighted by Crippen LogP contribution is 2.28. The Kier molecular flexibility index (Phi) is 3.17. The maximum absolute atomic E-state index is 11.6. The van der Waals surface area contributed by atoms with Crippen LogP contribution in [0.4, 0.5) is 5.95 Å². The second kappa shape index (κ2) is 4.49. The number of amides is 1. The van der Waals surface area contributed by atoms with Crippen molar-refractivity contribution < 1.29 is 4.79 Å². The van der Waals surface area contributed by atoms with E-state index in [2.05, 4.69) is 4.98 Å².